The van der Waals surface area contributed by atoms with Crippen molar-refractivity contribution in [1.82, 2.24) is 14.8 Å². The number of aromatic amines is 1. The monoisotopic (exact) mass is 339 g/mol. The van der Waals surface area contributed by atoms with Crippen LogP contribution in [0.4, 0.5) is 0 Å². The number of likely N-dealkylation sites (tertiary alicyclic amines) is 2. The molecule has 1 aromatic heterocycles. The van der Waals surface area contributed by atoms with Crippen molar-refractivity contribution in [2.45, 2.75) is 51.0 Å². The van der Waals surface area contributed by atoms with Gasteiger partial charge >= 0.3 is 0 Å². The zero-order chi connectivity index (χ0) is 17.1. The molecule has 2 aromatic rings. The largest absolute Gasteiger partial charge is 0.361 e. The van der Waals surface area contributed by atoms with Gasteiger partial charge in [-0.1, -0.05) is 18.2 Å². The van der Waals surface area contributed by atoms with Gasteiger partial charge in [0.05, 0.1) is 0 Å². The summed E-state index contributed by atoms with van der Waals surface area (Å²) in [4.78, 5) is 20.8. The molecule has 2 aliphatic rings. The summed E-state index contributed by atoms with van der Waals surface area (Å²) < 4.78 is 0. The van der Waals surface area contributed by atoms with Crippen LogP contribution in [-0.4, -0.2) is 52.9 Å². The topological polar surface area (TPSA) is 39.3 Å². The van der Waals surface area contributed by atoms with Crippen LogP contribution in [0.5, 0.6) is 0 Å². The number of H-pyrrole nitrogens is 1. The highest BCUT2D eigenvalue weighted by Crippen LogP contribution is 2.23. The lowest BCUT2D eigenvalue weighted by Gasteiger charge is -2.28. The molecule has 2 aliphatic heterocycles. The number of rotatable bonds is 6. The summed E-state index contributed by atoms with van der Waals surface area (Å²) in [6.07, 6.45) is 9.69. The Morgan fingerprint density at radius 2 is 1.96 bits per heavy atom. The van der Waals surface area contributed by atoms with Gasteiger partial charge < -0.3 is 14.8 Å². The van der Waals surface area contributed by atoms with Crippen molar-refractivity contribution in [3.63, 3.8) is 0 Å². The van der Waals surface area contributed by atoms with E-state index >= 15 is 0 Å². The molecule has 0 aliphatic carbocycles. The molecule has 134 valence electrons. The molecule has 0 radical (unpaired) electrons. The lowest BCUT2D eigenvalue weighted by atomic mass is 10.1. The van der Waals surface area contributed by atoms with Gasteiger partial charge in [-0.2, -0.15) is 0 Å². The van der Waals surface area contributed by atoms with Gasteiger partial charge in [0.25, 0.3) is 0 Å². The fourth-order valence-corrected chi connectivity index (χ4v) is 4.53. The van der Waals surface area contributed by atoms with Gasteiger partial charge in [-0.3, -0.25) is 4.79 Å². The van der Waals surface area contributed by atoms with E-state index in [1.165, 1.54) is 55.2 Å². The second-order valence-corrected chi connectivity index (χ2v) is 7.60. The molecule has 4 heteroatoms. The second-order valence-electron chi connectivity index (χ2n) is 7.60. The van der Waals surface area contributed by atoms with Gasteiger partial charge in [0.15, 0.2) is 0 Å². The molecule has 2 fully saturated rings. The number of aromatic nitrogens is 1. The number of hydrogen-bond acceptors (Lipinski definition) is 2. The molecule has 0 bridgehead atoms. The minimum absolute atomic E-state index is 0.363. The van der Waals surface area contributed by atoms with Crippen molar-refractivity contribution in [2.75, 3.05) is 26.2 Å². The summed E-state index contributed by atoms with van der Waals surface area (Å²) in [6, 6.07) is 8.86. The van der Waals surface area contributed by atoms with Crippen molar-refractivity contribution in [2.24, 2.45) is 0 Å². The molecule has 1 atom stereocenters. The highest BCUT2D eigenvalue weighted by Gasteiger charge is 2.30. The average molecular weight is 339 g/mol. The van der Waals surface area contributed by atoms with Crippen molar-refractivity contribution < 1.29 is 4.79 Å². The van der Waals surface area contributed by atoms with Gasteiger partial charge in [0.2, 0.25) is 5.91 Å². The van der Waals surface area contributed by atoms with Crippen LogP contribution in [0.15, 0.2) is 30.5 Å². The van der Waals surface area contributed by atoms with Crippen LogP contribution in [0.1, 0.15) is 44.1 Å². The van der Waals surface area contributed by atoms with Gasteiger partial charge in [0, 0.05) is 42.7 Å². The number of nitrogens with zero attached hydrogens (tertiary/aromatic N) is 2. The van der Waals surface area contributed by atoms with Crippen molar-refractivity contribution in [3.05, 3.63) is 36.0 Å². The predicted octanol–water partition coefficient (Wildman–Crippen LogP) is 3.58. The number of amides is 1. The van der Waals surface area contributed by atoms with Gasteiger partial charge in [-0.15, -0.1) is 0 Å². The van der Waals surface area contributed by atoms with Crippen molar-refractivity contribution in [3.8, 4) is 0 Å². The van der Waals surface area contributed by atoms with Crippen LogP contribution >= 0.6 is 0 Å². The van der Waals surface area contributed by atoms with Gasteiger partial charge in [-0.25, -0.2) is 0 Å². The standard InChI is InChI=1S/C21H29N3O/c25-21(24-14-6-8-18(24)16-23-12-3-4-13-23)11-5-7-17-15-22-20-10-2-1-9-19(17)20/h1-2,9-10,15,18,22H,3-8,11-14,16H2/t18-/m0/s1. The molecular formula is C21H29N3O. The fourth-order valence-electron chi connectivity index (χ4n) is 4.53. The molecule has 1 N–H and O–H groups in total. The normalized spacial score (nSPS) is 21.4. The summed E-state index contributed by atoms with van der Waals surface area (Å²) in [5, 5.41) is 1.29. The number of benzene rings is 1. The van der Waals surface area contributed by atoms with Crippen LogP contribution in [0.25, 0.3) is 10.9 Å². The second kappa shape index (κ2) is 7.61. The molecular weight excluding hydrogens is 310 g/mol. The zero-order valence-electron chi connectivity index (χ0n) is 15.0. The Morgan fingerprint density at radius 3 is 2.84 bits per heavy atom. The molecule has 1 aromatic carbocycles. The summed E-state index contributed by atoms with van der Waals surface area (Å²) in [5.41, 5.74) is 2.52. The quantitative estimate of drug-likeness (QED) is 0.874. The van der Waals surface area contributed by atoms with E-state index < -0.39 is 0 Å². The third-order valence-corrected chi connectivity index (χ3v) is 5.88. The number of fused-ring (bicyclic) bond motifs is 1. The molecule has 2 saturated heterocycles. The van der Waals surface area contributed by atoms with Crippen LogP contribution in [-0.2, 0) is 11.2 Å². The van der Waals surface area contributed by atoms with E-state index in [0.717, 1.165) is 25.9 Å². The van der Waals surface area contributed by atoms with Crippen LogP contribution in [0.3, 0.4) is 0 Å². The third kappa shape index (κ3) is 3.74. The molecule has 25 heavy (non-hydrogen) atoms. The van der Waals surface area contributed by atoms with E-state index in [0.29, 0.717) is 18.4 Å². The molecule has 4 rings (SSSR count). The zero-order valence-corrected chi connectivity index (χ0v) is 15.0. The Morgan fingerprint density at radius 1 is 1.12 bits per heavy atom. The molecule has 3 heterocycles. The van der Waals surface area contributed by atoms with E-state index in [-0.39, 0.29) is 0 Å². The predicted molar refractivity (Wildman–Crippen MR) is 102 cm³/mol. The first-order valence-corrected chi connectivity index (χ1v) is 9.88. The van der Waals surface area contributed by atoms with Crippen molar-refractivity contribution in [1.29, 1.82) is 0 Å². The first kappa shape index (κ1) is 16.6. The van der Waals surface area contributed by atoms with Crippen LogP contribution < -0.4 is 0 Å². The maximum Gasteiger partial charge on any atom is 0.222 e. The Bertz CT molecular complexity index is 717. The SMILES string of the molecule is O=C(CCCc1c[nH]c2ccccc12)N1CCC[C@H]1CN1CCCC1. The Kier molecular flexibility index (Phi) is 5.07. The highest BCUT2D eigenvalue weighted by molar-refractivity contribution is 5.83. The van der Waals surface area contributed by atoms with E-state index in [9.17, 15) is 4.79 Å². The number of para-hydroxylation sites is 1. The van der Waals surface area contributed by atoms with Crippen LogP contribution in [0, 0.1) is 0 Å². The first-order chi connectivity index (χ1) is 12.3. The summed E-state index contributed by atoms with van der Waals surface area (Å²) >= 11 is 0. The van der Waals surface area contributed by atoms with E-state index in [1.54, 1.807) is 0 Å². The number of nitrogens with one attached hydrogen (secondary N) is 1. The number of carbonyl (C=O) groups excluding carboxylic acids is 1. The molecule has 4 nitrogen and oxygen atoms in total. The molecule has 0 unspecified atom stereocenters. The molecule has 1 amide bonds. The van der Waals surface area contributed by atoms with Crippen molar-refractivity contribution >= 4 is 16.8 Å². The number of carbonyl (C=O) groups is 1. The lowest BCUT2D eigenvalue weighted by molar-refractivity contribution is -0.132. The molecule has 0 saturated carbocycles. The maximum atomic E-state index is 12.7. The first-order valence-electron chi connectivity index (χ1n) is 9.88. The number of aryl methyl sites for hydroxylation is 1. The van der Waals surface area contributed by atoms with E-state index in [1.807, 2.05) is 0 Å². The smallest absolute Gasteiger partial charge is 0.222 e. The Hall–Kier alpha value is -1.81. The average Bonchev–Trinajstić information content (AvgIpc) is 3.36. The number of hydrogen-bond donors (Lipinski definition) is 1. The lowest BCUT2D eigenvalue weighted by Crippen LogP contribution is -2.42. The summed E-state index contributed by atoms with van der Waals surface area (Å²) in [5.74, 6) is 0.363. The highest BCUT2D eigenvalue weighted by atomic mass is 16.2. The van der Waals surface area contributed by atoms with Crippen LogP contribution in [0.2, 0.25) is 0 Å². The molecule has 0 spiro atoms. The minimum atomic E-state index is 0.363. The van der Waals surface area contributed by atoms with Gasteiger partial charge in [-0.05, 0) is 63.2 Å². The summed E-state index contributed by atoms with van der Waals surface area (Å²) in [6.45, 7) is 4.50. The van der Waals surface area contributed by atoms with E-state index in [4.69, 9.17) is 0 Å². The van der Waals surface area contributed by atoms with Gasteiger partial charge in [0.1, 0.15) is 0 Å². The Balaban J connectivity index is 1.29. The Labute approximate surface area is 150 Å². The third-order valence-electron chi connectivity index (χ3n) is 5.88. The summed E-state index contributed by atoms with van der Waals surface area (Å²) in [7, 11) is 0. The fraction of sp³-hybridized carbons (Fsp3) is 0.571. The minimum Gasteiger partial charge on any atom is -0.361 e. The van der Waals surface area contributed by atoms with E-state index in [2.05, 4.69) is 45.2 Å². The maximum absolute atomic E-state index is 12.7.